The molecule has 0 bridgehead atoms. The molecule has 0 saturated heterocycles. The topological polar surface area (TPSA) is 42.2 Å². The lowest BCUT2D eigenvalue weighted by atomic mass is 9.99. The van der Waals surface area contributed by atoms with Crippen molar-refractivity contribution in [2.75, 3.05) is 11.9 Å². The van der Waals surface area contributed by atoms with Crippen LogP contribution in [0.5, 0.6) is 0 Å². The Morgan fingerprint density at radius 3 is 2.89 bits per heavy atom. The molecule has 2 aromatic rings. The molecule has 0 aliphatic heterocycles. The van der Waals surface area contributed by atoms with Crippen molar-refractivity contribution in [2.45, 2.75) is 32.2 Å². The number of aromatic nitrogens is 1. The molecular weight excluding hydrogens is 254 g/mol. The third kappa shape index (κ3) is 2.26. The van der Waals surface area contributed by atoms with Gasteiger partial charge in [0.25, 0.3) is 0 Å². The van der Waals surface area contributed by atoms with Gasteiger partial charge in [-0.05, 0) is 37.8 Å². The molecule has 1 aliphatic rings. The van der Waals surface area contributed by atoms with Crippen LogP contribution in [0, 0.1) is 6.92 Å². The second kappa shape index (κ2) is 4.94. The number of nitrogens with zero attached hydrogens (tertiary/aromatic N) is 2. The summed E-state index contributed by atoms with van der Waals surface area (Å²) in [5.74, 6) is 0. The molecule has 100 valence electrons. The van der Waals surface area contributed by atoms with Crippen LogP contribution >= 0.6 is 11.3 Å². The number of nitrogens with two attached hydrogens (primary N) is 1. The number of rotatable bonds is 2. The molecule has 1 heterocycles. The van der Waals surface area contributed by atoms with E-state index in [9.17, 15) is 0 Å². The van der Waals surface area contributed by atoms with Crippen molar-refractivity contribution < 1.29 is 0 Å². The minimum atomic E-state index is 0.124. The molecule has 3 rings (SSSR count). The van der Waals surface area contributed by atoms with Gasteiger partial charge in [-0.2, -0.15) is 0 Å². The molecule has 1 aromatic heterocycles. The van der Waals surface area contributed by atoms with Crippen LogP contribution in [-0.2, 0) is 6.42 Å². The van der Waals surface area contributed by atoms with Crippen LogP contribution in [0.1, 0.15) is 35.0 Å². The number of anilines is 2. The van der Waals surface area contributed by atoms with Crippen molar-refractivity contribution in [1.29, 1.82) is 0 Å². The van der Waals surface area contributed by atoms with Gasteiger partial charge in [-0.15, -0.1) is 11.3 Å². The Balaban J connectivity index is 1.97. The van der Waals surface area contributed by atoms with Crippen molar-refractivity contribution in [3.63, 3.8) is 0 Å². The third-order valence-electron chi connectivity index (χ3n) is 3.75. The third-order valence-corrected chi connectivity index (χ3v) is 4.96. The molecule has 4 heteroatoms. The van der Waals surface area contributed by atoms with E-state index in [4.69, 9.17) is 10.7 Å². The normalized spacial score (nSPS) is 18.2. The highest BCUT2D eigenvalue weighted by Crippen LogP contribution is 2.37. The Labute approximate surface area is 118 Å². The fourth-order valence-electron chi connectivity index (χ4n) is 2.62. The van der Waals surface area contributed by atoms with Gasteiger partial charge in [0.1, 0.15) is 0 Å². The van der Waals surface area contributed by atoms with Crippen LogP contribution < -0.4 is 10.6 Å². The molecule has 3 nitrogen and oxygen atoms in total. The largest absolute Gasteiger partial charge is 0.323 e. The molecule has 1 aliphatic carbocycles. The smallest absolute Gasteiger partial charge is 0.190 e. The molecule has 0 spiro atoms. The maximum atomic E-state index is 6.15. The van der Waals surface area contributed by atoms with Crippen LogP contribution in [0.2, 0.25) is 0 Å². The van der Waals surface area contributed by atoms with E-state index in [0.717, 1.165) is 23.7 Å². The van der Waals surface area contributed by atoms with E-state index < -0.39 is 0 Å². The summed E-state index contributed by atoms with van der Waals surface area (Å²) >= 11 is 1.79. The Hall–Kier alpha value is -1.39. The Morgan fingerprint density at radius 2 is 2.16 bits per heavy atom. The Kier molecular flexibility index (Phi) is 3.29. The van der Waals surface area contributed by atoms with Gasteiger partial charge in [0.2, 0.25) is 0 Å². The summed E-state index contributed by atoms with van der Waals surface area (Å²) in [5.41, 5.74) is 9.75. The standard InChI is InChI=1S/C15H19N3S/c1-10-6-3-4-8-12(10)18(2)15-17-14-11(16)7-5-9-13(14)19-15/h3-4,6,8,11H,5,7,9,16H2,1-2H3. The van der Waals surface area contributed by atoms with E-state index in [1.54, 1.807) is 11.3 Å². The first-order valence-electron chi connectivity index (χ1n) is 6.71. The number of aryl methyl sites for hydroxylation is 2. The van der Waals surface area contributed by atoms with Crippen LogP contribution in [0.25, 0.3) is 0 Å². The highest BCUT2D eigenvalue weighted by atomic mass is 32.1. The molecule has 0 saturated carbocycles. The summed E-state index contributed by atoms with van der Waals surface area (Å²) in [7, 11) is 2.08. The SMILES string of the molecule is Cc1ccccc1N(C)c1nc2c(s1)CCCC2N. The van der Waals surface area contributed by atoms with Crippen molar-refractivity contribution >= 4 is 22.2 Å². The monoisotopic (exact) mass is 273 g/mol. The zero-order chi connectivity index (χ0) is 13.4. The number of para-hydroxylation sites is 1. The predicted molar refractivity (Wildman–Crippen MR) is 81.2 cm³/mol. The van der Waals surface area contributed by atoms with Crippen molar-refractivity contribution in [3.05, 3.63) is 40.4 Å². The Morgan fingerprint density at radius 1 is 1.37 bits per heavy atom. The average molecular weight is 273 g/mol. The zero-order valence-corrected chi connectivity index (χ0v) is 12.2. The fraction of sp³-hybridized carbons (Fsp3) is 0.400. The van der Waals surface area contributed by atoms with Crippen molar-refractivity contribution in [2.24, 2.45) is 5.73 Å². The van der Waals surface area contributed by atoms with Crippen molar-refractivity contribution in [1.82, 2.24) is 4.98 Å². The quantitative estimate of drug-likeness (QED) is 0.909. The molecule has 19 heavy (non-hydrogen) atoms. The van der Waals surface area contributed by atoms with Gasteiger partial charge in [-0.1, -0.05) is 18.2 Å². The number of thiazole rings is 1. The van der Waals surface area contributed by atoms with E-state index in [1.165, 1.54) is 22.5 Å². The first-order chi connectivity index (χ1) is 9.16. The molecular formula is C15H19N3S. The molecule has 0 amide bonds. The second-order valence-corrected chi connectivity index (χ2v) is 6.21. The average Bonchev–Trinajstić information content (AvgIpc) is 2.84. The number of benzene rings is 1. The summed E-state index contributed by atoms with van der Waals surface area (Å²) in [4.78, 5) is 8.31. The van der Waals surface area contributed by atoms with Gasteiger partial charge >= 0.3 is 0 Å². The first-order valence-corrected chi connectivity index (χ1v) is 7.53. The minimum Gasteiger partial charge on any atom is -0.323 e. The van der Waals surface area contributed by atoms with Crippen LogP contribution in [0.15, 0.2) is 24.3 Å². The molecule has 1 unspecified atom stereocenters. The summed E-state index contributed by atoms with van der Waals surface area (Å²) in [6, 6.07) is 8.52. The van der Waals surface area contributed by atoms with Gasteiger partial charge in [0, 0.05) is 23.7 Å². The van der Waals surface area contributed by atoms with Crippen LogP contribution in [0.3, 0.4) is 0 Å². The Bertz CT molecular complexity index is 591. The van der Waals surface area contributed by atoms with Gasteiger partial charge < -0.3 is 10.6 Å². The molecule has 0 fully saturated rings. The number of hydrogen-bond donors (Lipinski definition) is 1. The van der Waals surface area contributed by atoms with Crippen LogP contribution in [0.4, 0.5) is 10.8 Å². The maximum Gasteiger partial charge on any atom is 0.190 e. The summed E-state index contributed by atoms with van der Waals surface area (Å²) in [6.45, 7) is 2.13. The van der Waals surface area contributed by atoms with E-state index in [1.807, 2.05) is 0 Å². The molecule has 1 aromatic carbocycles. The first kappa shape index (κ1) is 12.6. The second-order valence-electron chi connectivity index (χ2n) is 5.15. The number of fused-ring (bicyclic) bond motifs is 1. The van der Waals surface area contributed by atoms with Crippen LogP contribution in [-0.4, -0.2) is 12.0 Å². The highest BCUT2D eigenvalue weighted by molar-refractivity contribution is 7.15. The number of hydrogen-bond acceptors (Lipinski definition) is 4. The maximum absolute atomic E-state index is 6.15. The minimum absolute atomic E-state index is 0.124. The fourth-order valence-corrected chi connectivity index (χ4v) is 3.77. The lowest BCUT2D eigenvalue weighted by Crippen LogP contribution is -2.17. The lowest BCUT2D eigenvalue weighted by Gasteiger charge is -2.18. The predicted octanol–water partition coefficient (Wildman–Crippen LogP) is 3.56. The van der Waals surface area contributed by atoms with Gasteiger partial charge in [-0.25, -0.2) is 4.98 Å². The highest BCUT2D eigenvalue weighted by Gasteiger charge is 2.23. The van der Waals surface area contributed by atoms with E-state index in [0.29, 0.717) is 0 Å². The van der Waals surface area contributed by atoms with E-state index >= 15 is 0 Å². The summed E-state index contributed by atoms with van der Waals surface area (Å²) in [6.07, 6.45) is 3.37. The van der Waals surface area contributed by atoms with E-state index in [2.05, 4.69) is 43.1 Å². The van der Waals surface area contributed by atoms with Gasteiger partial charge in [0.05, 0.1) is 5.69 Å². The van der Waals surface area contributed by atoms with Crippen molar-refractivity contribution in [3.8, 4) is 0 Å². The lowest BCUT2D eigenvalue weighted by molar-refractivity contribution is 0.564. The molecule has 1 atom stereocenters. The van der Waals surface area contributed by atoms with Gasteiger partial charge in [0.15, 0.2) is 5.13 Å². The summed E-state index contributed by atoms with van der Waals surface area (Å²) < 4.78 is 0. The zero-order valence-electron chi connectivity index (χ0n) is 11.4. The molecule has 2 N–H and O–H groups in total. The molecule has 0 radical (unpaired) electrons. The van der Waals surface area contributed by atoms with E-state index in [-0.39, 0.29) is 6.04 Å². The summed E-state index contributed by atoms with van der Waals surface area (Å²) in [5, 5.41) is 1.05. The van der Waals surface area contributed by atoms with Gasteiger partial charge in [-0.3, -0.25) is 0 Å².